The number of carbonyl (C=O) groups is 2. The fourth-order valence-electron chi connectivity index (χ4n) is 0.466. The predicted octanol–water partition coefficient (Wildman–Crippen LogP) is -0.280. The minimum absolute atomic E-state index is 0.730. The molecule has 0 aliphatic carbocycles. The number of ether oxygens (including phenoxy) is 1. The van der Waals surface area contributed by atoms with Gasteiger partial charge in [0, 0.05) is 0 Å². The molecule has 1 amide bonds. The number of hydrogen-bond donors (Lipinski definition) is 3. The highest BCUT2D eigenvalue weighted by Crippen LogP contribution is 2.14. The monoisotopic (exact) mass is 231 g/mol. The van der Waals surface area contributed by atoms with E-state index < -0.39 is 37.5 Å². The molecule has 0 aliphatic rings. The van der Waals surface area contributed by atoms with Crippen molar-refractivity contribution in [3.05, 3.63) is 0 Å². The van der Waals surface area contributed by atoms with E-state index in [-0.39, 0.29) is 0 Å². The molecule has 0 spiro atoms. The second-order valence-electron chi connectivity index (χ2n) is 2.43. The number of carboxylic acids is 1. The van der Waals surface area contributed by atoms with Crippen LogP contribution in [0.5, 0.6) is 0 Å². The average molecular weight is 231 g/mol. The van der Waals surface area contributed by atoms with Gasteiger partial charge in [0.05, 0.1) is 6.54 Å². The van der Waals surface area contributed by atoms with Gasteiger partial charge in [-0.2, -0.15) is 13.2 Å². The molecule has 9 heteroatoms. The van der Waals surface area contributed by atoms with Crippen LogP contribution in [-0.4, -0.2) is 47.7 Å². The van der Waals surface area contributed by atoms with Gasteiger partial charge in [0.25, 0.3) is 0 Å². The van der Waals surface area contributed by atoms with Crippen LogP contribution in [0, 0.1) is 0 Å². The smallest absolute Gasteiger partial charge is 0.422 e. The van der Waals surface area contributed by atoms with Crippen molar-refractivity contribution < 1.29 is 37.7 Å². The summed E-state index contributed by atoms with van der Waals surface area (Å²) in [6.45, 7) is -2.51. The largest absolute Gasteiger partial charge is 0.479 e. The molecule has 0 bridgehead atoms. The Kier molecular flexibility index (Phi) is 4.85. The standard InChI is InChI=1S/C6H8F3NO5/c7-6(8,9)2-15-5(14)10-1-3(11)4(12)13/h3,11H,1-2H2,(H,10,14)(H,12,13)/t3-/m0/s1. The first-order valence-corrected chi connectivity index (χ1v) is 3.60. The molecule has 0 saturated heterocycles. The summed E-state index contributed by atoms with van der Waals surface area (Å²) in [5, 5.41) is 18.4. The highest BCUT2D eigenvalue weighted by atomic mass is 19.4. The molecule has 88 valence electrons. The maximum atomic E-state index is 11.5. The number of hydrogen-bond acceptors (Lipinski definition) is 4. The summed E-state index contributed by atoms with van der Waals surface area (Å²) in [6.07, 6.45) is -7.99. The molecule has 0 rings (SSSR count). The molecule has 1 atom stereocenters. The molecule has 0 aliphatic heterocycles. The van der Waals surface area contributed by atoms with E-state index in [1.165, 1.54) is 0 Å². The van der Waals surface area contributed by atoms with E-state index >= 15 is 0 Å². The molecule has 0 unspecified atom stereocenters. The Labute approximate surface area is 81.6 Å². The van der Waals surface area contributed by atoms with Crippen LogP contribution in [0.3, 0.4) is 0 Å². The number of nitrogens with one attached hydrogen (secondary N) is 1. The molecule has 0 aromatic carbocycles. The first kappa shape index (κ1) is 13.5. The van der Waals surface area contributed by atoms with Crippen molar-refractivity contribution in [3.63, 3.8) is 0 Å². The van der Waals surface area contributed by atoms with Gasteiger partial charge in [0.2, 0.25) is 0 Å². The Hall–Kier alpha value is -1.51. The number of carbonyl (C=O) groups excluding carboxylic acids is 1. The van der Waals surface area contributed by atoms with Crippen molar-refractivity contribution in [2.45, 2.75) is 12.3 Å². The van der Waals surface area contributed by atoms with Gasteiger partial charge in [-0.05, 0) is 0 Å². The van der Waals surface area contributed by atoms with Crippen LogP contribution in [0.15, 0.2) is 0 Å². The number of amides is 1. The van der Waals surface area contributed by atoms with E-state index in [0.29, 0.717) is 0 Å². The highest BCUT2D eigenvalue weighted by molar-refractivity contribution is 5.74. The lowest BCUT2D eigenvalue weighted by molar-refractivity contribution is -0.160. The minimum Gasteiger partial charge on any atom is -0.479 e. The number of aliphatic hydroxyl groups excluding tert-OH is 1. The summed E-state index contributed by atoms with van der Waals surface area (Å²) < 4.78 is 38.1. The van der Waals surface area contributed by atoms with Gasteiger partial charge >= 0.3 is 18.2 Å². The lowest BCUT2D eigenvalue weighted by Gasteiger charge is -2.10. The van der Waals surface area contributed by atoms with E-state index in [9.17, 15) is 22.8 Å². The first-order valence-electron chi connectivity index (χ1n) is 3.60. The lowest BCUT2D eigenvalue weighted by Crippen LogP contribution is -2.37. The molecular weight excluding hydrogens is 223 g/mol. The Morgan fingerprint density at radius 3 is 2.33 bits per heavy atom. The molecule has 0 saturated carbocycles. The summed E-state index contributed by atoms with van der Waals surface area (Å²) in [6, 6.07) is 0. The van der Waals surface area contributed by atoms with E-state index in [2.05, 4.69) is 4.74 Å². The zero-order chi connectivity index (χ0) is 12.1. The van der Waals surface area contributed by atoms with Gasteiger partial charge in [-0.1, -0.05) is 0 Å². The Bertz CT molecular complexity index is 241. The van der Waals surface area contributed by atoms with Crippen molar-refractivity contribution in [1.82, 2.24) is 5.32 Å². The van der Waals surface area contributed by atoms with Crippen molar-refractivity contribution in [3.8, 4) is 0 Å². The van der Waals surface area contributed by atoms with Crippen LogP contribution in [0.1, 0.15) is 0 Å². The molecule has 3 N–H and O–H groups in total. The first-order chi connectivity index (χ1) is 6.72. The SMILES string of the molecule is O=C(NC[C@H](O)C(=O)O)OCC(F)(F)F. The number of carboxylic acid groups (broad SMARTS) is 1. The fraction of sp³-hybridized carbons (Fsp3) is 0.667. The van der Waals surface area contributed by atoms with E-state index in [4.69, 9.17) is 10.2 Å². The Morgan fingerprint density at radius 2 is 1.93 bits per heavy atom. The fourth-order valence-corrected chi connectivity index (χ4v) is 0.466. The molecule has 15 heavy (non-hydrogen) atoms. The van der Waals surface area contributed by atoms with Gasteiger partial charge in [-0.3, -0.25) is 0 Å². The quantitative estimate of drug-likeness (QED) is 0.618. The zero-order valence-electron chi connectivity index (χ0n) is 7.24. The third-order valence-corrected chi connectivity index (χ3v) is 1.09. The molecule has 0 fully saturated rings. The zero-order valence-corrected chi connectivity index (χ0v) is 7.24. The molecule has 0 heterocycles. The number of alkyl carbamates (subject to hydrolysis) is 1. The predicted molar refractivity (Wildman–Crippen MR) is 39.0 cm³/mol. The lowest BCUT2D eigenvalue weighted by atomic mass is 10.4. The summed E-state index contributed by atoms with van der Waals surface area (Å²) in [4.78, 5) is 20.5. The minimum atomic E-state index is -4.65. The number of rotatable bonds is 4. The van der Waals surface area contributed by atoms with Crippen molar-refractivity contribution in [2.24, 2.45) is 0 Å². The van der Waals surface area contributed by atoms with Crippen molar-refractivity contribution in [1.29, 1.82) is 0 Å². The van der Waals surface area contributed by atoms with Gasteiger partial charge in [-0.15, -0.1) is 0 Å². The van der Waals surface area contributed by atoms with E-state index in [0.717, 1.165) is 0 Å². The summed E-state index contributed by atoms with van der Waals surface area (Å²) >= 11 is 0. The third-order valence-electron chi connectivity index (χ3n) is 1.09. The van der Waals surface area contributed by atoms with Gasteiger partial charge in [0.1, 0.15) is 0 Å². The van der Waals surface area contributed by atoms with Crippen molar-refractivity contribution in [2.75, 3.05) is 13.2 Å². The molecule has 0 aromatic heterocycles. The van der Waals surface area contributed by atoms with E-state index in [1.54, 1.807) is 5.32 Å². The van der Waals surface area contributed by atoms with Gasteiger partial charge in [-0.25, -0.2) is 9.59 Å². The number of aliphatic hydroxyl groups is 1. The Morgan fingerprint density at radius 1 is 1.40 bits per heavy atom. The number of alkyl halides is 3. The average Bonchev–Trinajstić information content (AvgIpc) is 2.09. The number of aliphatic carboxylic acids is 1. The van der Waals surface area contributed by atoms with Crippen LogP contribution >= 0.6 is 0 Å². The maximum absolute atomic E-state index is 11.5. The Balaban J connectivity index is 3.72. The molecule has 0 radical (unpaired) electrons. The third kappa shape index (κ3) is 7.55. The second kappa shape index (κ2) is 5.39. The highest BCUT2D eigenvalue weighted by Gasteiger charge is 2.29. The molecule has 0 aromatic rings. The summed E-state index contributed by atoms with van der Waals surface area (Å²) in [5.41, 5.74) is 0. The van der Waals surface area contributed by atoms with Crippen LogP contribution in [-0.2, 0) is 9.53 Å². The summed E-state index contributed by atoms with van der Waals surface area (Å²) in [5.74, 6) is -1.61. The maximum Gasteiger partial charge on any atom is 0.422 e. The summed E-state index contributed by atoms with van der Waals surface area (Å²) in [7, 11) is 0. The normalized spacial score (nSPS) is 13.1. The van der Waals surface area contributed by atoms with Crippen LogP contribution in [0.2, 0.25) is 0 Å². The second-order valence-corrected chi connectivity index (χ2v) is 2.43. The van der Waals surface area contributed by atoms with Gasteiger partial charge < -0.3 is 20.3 Å². The van der Waals surface area contributed by atoms with Crippen molar-refractivity contribution >= 4 is 12.1 Å². The van der Waals surface area contributed by atoms with Crippen LogP contribution in [0.25, 0.3) is 0 Å². The topological polar surface area (TPSA) is 95.9 Å². The van der Waals surface area contributed by atoms with Crippen LogP contribution < -0.4 is 5.32 Å². The molecule has 6 nitrogen and oxygen atoms in total. The van der Waals surface area contributed by atoms with E-state index in [1.807, 2.05) is 0 Å². The van der Waals surface area contributed by atoms with Crippen LogP contribution in [0.4, 0.5) is 18.0 Å². The number of halogens is 3. The van der Waals surface area contributed by atoms with Gasteiger partial charge in [0.15, 0.2) is 12.7 Å². The molecular formula is C6H8F3NO5.